The Kier molecular flexibility index (Phi) is 2.66. The van der Waals surface area contributed by atoms with Gasteiger partial charge in [0.25, 0.3) is 0 Å². The van der Waals surface area contributed by atoms with Crippen LogP contribution in [0.4, 0.5) is 0 Å². The van der Waals surface area contributed by atoms with Crippen LogP contribution in [-0.4, -0.2) is 37.1 Å². The first kappa shape index (κ1) is 8.52. The fourth-order valence-electron chi connectivity index (χ4n) is 2.50. The molecule has 1 saturated heterocycles. The van der Waals surface area contributed by atoms with Gasteiger partial charge >= 0.3 is 0 Å². The average Bonchev–Trinajstić information content (AvgIpc) is 2.63. The van der Waals surface area contributed by atoms with Gasteiger partial charge in [0.2, 0.25) is 0 Å². The molecule has 2 aliphatic rings. The van der Waals surface area contributed by atoms with Crippen LogP contribution in [0.25, 0.3) is 0 Å². The van der Waals surface area contributed by atoms with Crippen molar-refractivity contribution in [3.63, 3.8) is 0 Å². The van der Waals surface area contributed by atoms with E-state index in [0.717, 1.165) is 12.1 Å². The summed E-state index contributed by atoms with van der Waals surface area (Å²) in [4.78, 5) is 2.42. The largest absolute Gasteiger partial charge is 0.310 e. The molecule has 2 heteroatoms. The van der Waals surface area contributed by atoms with Crippen LogP contribution in [0, 0.1) is 0 Å². The second kappa shape index (κ2) is 3.75. The molecule has 1 N–H and O–H groups in total. The van der Waals surface area contributed by atoms with Gasteiger partial charge in [-0.3, -0.25) is 0 Å². The summed E-state index contributed by atoms with van der Waals surface area (Å²) >= 11 is 0. The lowest BCUT2D eigenvalue weighted by Gasteiger charge is -2.18. The van der Waals surface area contributed by atoms with Crippen LogP contribution in [0.2, 0.25) is 0 Å². The van der Waals surface area contributed by atoms with Crippen molar-refractivity contribution in [2.75, 3.05) is 20.1 Å². The fourth-order valence-corrected chi connectivity index (χ4v) is 2.50. The van der Waals surface area contributed by atoms with Gasteiger partial charge in [0.05, 0.1) is 0 Å². The third-order valence-electron chi connectivity index (χ3n) is 3.22. The Morgan fingerprint density at radius 1 is 1.08 bits per heavy atom. The van der Waals surface area contributed by atoms with Gasteiger partial charge in [0, 0.05) is 18.6 Å². The van der Waals surface area contributed by atoms with E-state index in [2.05, 4.69) is 17.3 Å². The maximum absolute atomic E-state index is 3.77. The van der Waals surface area contributed by atoms with Crippen molar-refractivity contribution < 1.29 is 0 Å². The van der Waals surface area contributed by atoms with Crippen LogP contribution < -0.4 is 5.32 Å². The van der Waals surface area contributed by atoms with Crippen LogP contribution in [-0.2, 0) is 0 Å². The van der Waals surface area contributed by atoms with E-state index in [0.29, 0.717) is 0 Å². The van der Waals surface area contributed by atoms with E-state index in [4.69, 9.17) is 0 Å². The monoisotopic (exact) mass is 168 g/mol. The Morgan fingerprint density at radius 2 is 1.83 bits per heavy atom. The highest BCUT2D eigenvalue weighted by Gasteiger charge is 2.23. The number of nitrogens with one attached hydrogen (secondary N) is 1. The lowest BCUT2D eigenvalue weighted by molar-refractivity contribution is 0.381. The summed E-state index contributed by atoms with van der Waals surface area (Å²) < 4.78 is 0. The molecule has 0 amide bonds. The van der Waals surface area contributed by atoms with E-state index < -0.39 is 0 Å². The summed E-state index contributed by atoms with van der Waals surface area (Å²) in [6, 6.07) is 1.64. The second-order valence-electron chi connectivity index (χ2n) is 4.40. The Balaban J connectivity index is 1.72. The molecule has 1 atom stereocenters. The molecule has 2 rings (SSSR count). The van der Waals surface area contributed by atoms with Gasteiger partial charge in [-0.05, 0) is 32.9 Å². The van der Waals surface area contributed by atoms with Crippen molar-refractivity contribution >= 4 is 0 Å². The molecule has 0 aromatic carbocycles. The predicted molar refractivity (Wildman–Crippen MR) is 51.3 cm³/mol. The molecule has 0 unspecified atom stereocenters. The van der Waals surface area contributed by atoms with E-state index >= 15 is 0 Å². The molecule has 12 heavy (non-hydrogen) atoms. The van der Waals surface area contributed by atoms with Gasteiger partial charge in [-0.25, -0.2) is 0 Å². The van der Waals surface area contributed by atoms with Crippen molar-refractivity contribution in [1.82, 2.24) is 10.2 Å². The number of hydrogen-bond acceptors (Lipinski definition) is 2. The molecule has 70 valence electrons. The molecular formula is C10H20N2. The van der Waals surface area contributed by atoms with Gasteiger partial charge in [0.15, 0.2) is 0 Å². The van der Waals surface area contributed by atoms with E-state index in [1.165, 1.54) is 45.2 Å². The molecule has 0 spiro atoms. The number of nitrogens with zero attached hydrogens (tertiary/aromatic N) is 1. The highest BCUT2D eigenvalue weighted by Crippen LogP contribution is 2.19. The smallest absolute Gasteiger partial charge is 0.0209 e. The third-order valence-corrected chi connectivity index (χ3v) is 3.22. The highest BCUT2D eigenvalue weighted by molar-refractivity contribution is 4.84. The molecule has 1 saturated carbocycles. The number of hydrogen-bond donors (Lipinski definition) is 1. The Labute approximate surface area is 75.3 Å². The van der Waals surface area contributed by atoms with E-state index in [9.17, 15) is 0 Å². The van der Waals surface area contributed by atoms with Gasteiger partial charge < -0.3 is 10.2 Å². The van der Waals surface area contributed by atoms with Crippen LogP contribution in [0.3, 0.4) is 0 Å². The quantitative estimate of drug-likeness (QED) is 0.667. The maximum atomic E-state index is 3.77. The molecule has 0 aromatic heterocycles. The second-order valence-corrected chi connectivity index (χ2v) is 4.40. The highest BCUT2D eigenvalue weighted by atomic mass is 15.2. The first-order valence-corrected chi connectivity index (χ1v) is 5.29. The molecule has 0 radical (unpaired) electrons. The van der Waals surface area contributed by atoms with Gasteiger partial charge in [-0.15, -0.1) is 0 Å². The van der Waals surface area contributed by atoms with Gasteiger partial charge in [-0.2, -0.15) is 0 Å². The van der Waals surface area contributed by atoms with Crippen LogP contribution in [0.15, 0.2) is 0 Å². The minimum Gasteiger partial charge on any atom is -0.310 e. The topological polar surface area (TPSA) is 15.3 Å². The zero-order chi connectivity index (χ0) is 8.39. The van der Waals surface area contributed by atoms with Crippen molar-refractivity contribution in [2.24, 2.45) is 0 Å². The molecule has 2 nitrogen and oxygen atoms in total. The van der Waals surface area contributed by atoms with Gasteiger partial charge in [0.1, 0.15) is 0 Å². The Bertz CT molecular complexity index is 141. The van der Waals surface area contributed by atoms with Gasteiger partial charge in [-0.1, -0.05) is 12.8 Å². The molecule has 1 aliphatic carbocycles. The van der Waals surface area contributed by atoms with Crippen LogP contribution >= 0.6 is 0 Å². The average molecular weight is 168 g/mol. The SMILES string of the molecule is CN1CC[C@H](NC2CCCC2)C1. The Hall–Kier alpha value is -0.0800. The minimum atomic E-state index is 0.790. The molecule has 1 aliphatic heterocycles. The van der Waals surface area contributed by atoms with Crippen molar-refractivity contribution in [1.29, 1.82) is 0 Å². The third kappa shape index (κ3) is 1.99. The summed E-state index contributed by atoms with van der Waals surface area (Å²) in [5, 5.41) is 3.77. The lowest BCUT2D eigenvalue weighted by Crippen LogP contribution is -2.38. The zero-order valence-electron chi connectivity index (χ0n) is 8.05. The molecule has 2 fully saturated rings. The summed E-state index contributed by atoms with van der Waals surface area (Å²) in [6.07, 6.45) is 7.08. The minimum absolute atomic E-state index is 0.790. The first-order chi connectivity index (χ1) is 5.84. The summed E-state index contributed by atoms with van der Waals surface area (Å²) in [5.41, 5.74) is 0. The Morgan fingerprint density at radius 3 is 2.42 bits per heavy atom. The van der Waals surface area contributed by atoms with Crippen molar-refractivity contribution in [2.45, 2.75) is 44.2 Å². The van der Waals surface area contributed by atoms with Crippen molar-refractivity contribution in [3.05, 3.63) is 0 Å². The van der Waals surface area contributed by atoms with Crippen molar-refractivity contribution in [3.8, 4) is 0 Å². The normalized spacial score (nSPS) is 33.2. The zero-order valence-corrected chi connectivity index (χ0v) is 8.05. The maximum Gasteiger partial charge on any atom is 0.0209 e. The number of likely N-dealkylation sites (tertiary alicyclic amines) is 1. The predicted octanol–water partition coefficient (Wildman–Crippen LogP) is 1.22. The molecule has 0 bridgehead atoms. The number of likely N-dealkylation sites (N-methyl/N-ethyl adjacent to an activating group) is 1. The number of rotatable bonds is 2. The standard InChI is InChI=1S/C10H20N2/c1-12-7-6-10(8-12)11-9-4-2-3-5-9/h9-11H,2-8H2,1H3/t10-/m0/s1. The summed E-state index contributed by atoms with van der Waals surface area (Å²) in [5.74, 6) is 0. The lowest BCUT2D eigenvalue weighted by atomic mass is 10.2. The van der Waals surface area contributed by atoms with E-state index in [1.54, 1.807) is 0 Å². The molecule has 1 heterocycles. The first-order valence-electron chi connectivity index (χ1n) is 5.29. The fraction of sp³-hybridized carbons (Fsp3) is 1.00. The molecular weight excluding hydrogens is 148 g/mol. The molecule has 0 aromatic rings. The van der Waals surface area contributed by atoms with Crippen LogP contribution in [0.5, 0.6) is 0 Å². The summed E-state index contributed by atoms with van der Waals surface area (Å²) in [6.45, 7) is 2.54. The van der Waals surface area contributed by atoms with E-state index in [-0.39, 0.29) is 0 Å². The van der Waals surface area contributed by atoms with E-state index in [1.807, 2.05) is 0 Å². The summed E-state index contributed by atoms with van der Waals surface area (Å²) in [7, 11) is 2.22. The van der Waals surface area contributed by atoms with Crippen LogP contribution in [0.1, 0.15) is 32.1 Å².